The number of amides is 2. The number of nitrogens with zero attached hydrogens (tertiary/aromatic N) is 1. The Labute approximate surface area is 277 Å². The Hall–Kier alpha value is -4.60. The highest BCUT2D eigenvalue weighted by molar-refractivity contribution is 5.85. The van der Waals surface area contributed by atoms with E-state index in [4.69, 9.17) is 14.9 Å². The fourth-order valence-corrected chi connectivity index (χ4v) is 6.28. The predicted molar refractivity (Wildman–Crippen MR) is 167 cm³/mol. The molecule has 1 aromatic carbocycles. The van der Waals surface area contributed by atoms with Crippen LogP contribution in [0.2, 0.25) is 0 Å². The van der Waals surface area contributed by atoms with Gasteiger partial charge in [0, 0.05) is 38.1 Å². The molecule has 3 aliphatic heterocycles. The van der Waals surface area contributed by atoms with Crippen molar-refractivity contribution in [2.24, 2.45) is 5.41 Å². The number of carbonyl (C=O) groups excluding carboxylic acids is 4. The third-order valence-corrected chi connectivity index (χ3v) is 9.28. The van der Waals surface area contributed by atoms with Crippen LogP contribution in [-0.4, -0.2) is 89.9 Å². The van der Waals surface area contributed by atoms with Crippen LogP contribution in [0, 0.1) is 5.41 Å². The molecule has 15 nitrogen and oxygen atoms in total. The number of piperidine rings is 3. The van der Waals surface area contributed by atoms with Gasteiger partial charge in [-0.25, -0.2) is 15.0 Å². The summed E-state index contributed by atoms with van der Waals surface area (Å²) in [6.07, 6.45) is 3.94. The maximum atomic E-state index is 13.7. The third kappa shape index (κ3) is 8.85. The maximum absolute atomic E-state index is 13.7. The van der Waals surface area contributed by atoms with Gasteiger partial charge >= 0.3 is 0 Å². The molecule has 3 aromatic rings. The predicted octanol–water partition coefficient (Wildman–Crippen LogP) is -2.82. The Morgan fingerprint density at radius 3 is 2.29 bits per heavy atom. The first kappa shape index (κ1) is 36.2. The molecule has 2 amide bonds. The summed E-state index contributed by atoms with van der Waals surface area (Å²) in [5.41, 5.74) is 2.37. The van der Waals surface area contributed by atoms with Gasteiger partial charge < -0.3 is 50.3 Å². The molecule has 3 saturated heterocycles. The summed E-state index contributed by atoms with van der Waals surface area (Å²) in [5, 5.41) is 42.9. The molecule has 0 spiro atoms. The number of pyridine rings is 1. The van der Waals surface area contributed by atoms with Crippen molar-refractivity contribution in [3.8, 4) is 17.1 Å². The Morgan fingerprint density at radius 2 is 1.69 bits per heavy atom. The van der Waals surface area contributed by atoms with Gasteiger partial charge in [-0.3, -0.25) is 9.59 Å². The second-order valence-corrected chi connectivity index (χ2v) is 12.3. The minimum atomic E-state index is -2.44. The number of aliphatic hydroxyl groups is 2. The fourth-order valence-electron chi connectivity index (χ4n) is 6.28. The van der Waals surface area contributed by atoms with E-state index in [2.05, 4.69) is 31.7 Å². The van der Waals surface area contributed by atoms with E-state index < -0.39 is 24.1 Å². The number of benzene rings is 1. The average Bonchev–Trinajstić information content (AvgIpc) is 3.60. The van der Waals surface area contributed by atoms with E-state index in [9.17, 15) is 29.4 Å². The number of rotatable bonds is 14. The topological polar surface area (TPSA) is 235 Å². The number of carboxylic acids is 2. The molecular weight excluding hydrogens is 624 g/mol. The van der Waals surface area contributed by atoms with Gasteiger partial charge in [0.05, 0.1) is 55.2 Å². The van der Waals surface area contributed by atoms with E-state index in [0.29, 0.717) is 12.3 Å². The number of nitrogens with one attached hydrogen (secondary N) is 5. The number of H-pyrrole nitrogens is 2. The summed E-state index contributed by atoms with van der Waals surface area (Å²) in [6, 6.07) is 9.88. The first-order valence-corrected chi connectivity index (χ1v) is 16.2. The number of unbranched alkanes of at least 4 members (excludes halogenated alkanes) is 2. The molecule has 3 aliphatic rings. The lowest BCUT2D eigenvalue weighted by molar-refractivity contribution is -0.918. The number of imidazole rings is 1. The van der Waals surface area contributed by atoms with E-state index in [1.165, 1.54) is 0 Å². The largest absolute Gasteiger partial charge is 0.547 e. The minimum Gasteiger partial charge on any atom is -0.547 e. The molecule has 3 fully saturated rings. The molecule has 0 unspecified atom stereocenters. The van der Waals surface area contributed by atoms with Gasteiger partial charge in [0.15, 0.2) is 5.69 Å². The number of para-hydroxylation sites is 1. The van der Waals surface area contributed by atoms with Crippen LogP contribution in [0.25, 0.3) is 22.2 Å². The molecule has 3 atom stereocenters. The second kappa shape index (κ2) is 16.5. The standard InChI is InChI=1S/C29H38N6O3.C4H6O6/c1-30-25(36)11-5-3-4-10-23(34-28(37)29-12-15-35(16-13-29)17-14-29)26-31-19-24(32-26)21-18-20-8-6-7-9-22(20)33-27(21)38-2;5-1(3(7)8)2(6)4(9)10/h6-9,18-19,23H,3-5,10-17H2,1-2H3,(H,30,36)(H,31,32)(H,34,37);1-2,5-6H,(H,7,8)(H,9,10)/t23-;1-,2-/m01/s1. The number of aromatic nitrogens is 3. The summed E-state index contributed by atoms with van der Waals surface area (Å²) in [4.78, 5) is 57.8. The summed E-state index contributed by atoms with van der Waals surface area (Å²) in [7, 11) is 3.30. The van der Waals surface area contributed by atoms with Crippen molar-refractivity contribution < 1.29 is 54.2 Å². The van der Waals surface area contributed by atoms with Crippen molar-refractivity contribution in [1.29, 1.82) is 0 Å². The van der Waals surface area contributed by atoms with Crippen molar-refractivity contribution in [1.82, 2.24) is 20.6 Å². The number of aliphatic carboxylic acids is 2. The van der Waals surface area contributed by atoms with Crippen LogP contribution >= 0.6 is 0 Å². The van der Waals surface area contributed by atoms with Gasteiger partial charge in [-0.2, -0.15) is 0 Å². The number of quaternary nitrogens is 1. The van der Waals surface area contributed by atoms with Crippen molar-refractivity contribution in [3.05, 3.63) is 42.4 Å². The van der Waals surface area contributed by atoms with Crippen molar-refractivity contribution in [3.63, 3.8) is 0 Å². The summed E-state index contributed by atoms with van der Waals surface area (Å²) < 4.78 is 5.62. The van der Waals surface area contributed by atoms with Crippen molar-refractivity contribution >= 4 is 34.7 Å². The Balaban J connectivity index is 0.000000453. The number of aliphatic hydroxyl groups excluding tert-OH is 2. The molecule has 0 saturated carbocycles. The van der Waals surface area contributed by atoms with E-state index in [1.54, 1.807) is 19.1 Å². The first-order chi connectivity index (χ1) is 23.0. The average molecular weight is 669 g/mol. The quantitative estimate of drug-likeness (QED) is 0.0964. The third-order valence-electron chi connectivity index (χ3n) is 9.28. The van der Waals surface area contributed by atoms with Gasteiger partial charge in [0.25, 0.3) is 5.82 Å². The SMILES string of the molecule is CNC(=O)CCCCC[C@H](NC(=O)C12CC[NH+](CC1)CC2)c1[nH]c(-c2cc3ccccc3nc2OC)c[nH+]1.O=C([O-])[C@H](O)[C@@H](O)C(=O)[O-]. The molecular formula is C33H44N6O9. The highest BCUT2D eigenvalue weighted by atomic mass is 16.5. The van der Waals surface area contributed by atoms with Crippen LogP contribution in [0.1, 0.15) is 63.2 Å². The summed E-state index contributed by atoms with van der Waals surface area (Å²) in [5.74, 6) is -2.45. The molecule has 6 rings (SSSR count). The smallest absolute Gasteiger partial charge is 0.275 e. The molecule has 7 N–H and O–H groups in total. The van der Waals surface area contributed by atoms with E-state index in [0.717, 1.165) is 92.6 Å². The van der Waals surface area contributed by atoms with E-state index in [-0.39, 0.29) is 23.3 Å². The highest BCUT2D eigenvalue weighted by Gasteiger charge is 2.48. The summed E-state index contributed by atoms with van der Waals surface area (Å²) >= 11 is 0. The lowest BCUT2D eigenvalue weighted by atomic mass is 9.71. The van der Waals surface area contributed by atoms with Crippen LogP contribution < -0.4 is 35.5 Å². The monoisotopic (exact) mass is 668 g/mol. The van der Waals surface area contributed by atoms with Gasteiger partial charge in [0.2, 0.25) is 17.7 Å². The van der Waals surface area contributed by atoms with Crippen LogP contribution in [0.5, 0.6) is 5.88 Å². The van der Waals surface area contributed by atoms with Gasteiger partial charge in [-0.1, -0.05) is 31.0 Å². The zero-order valence-corrected chi connectivity index (χ0v) is 27.2. The lowest BCUT2D eigenvalue weighted by Gasteiger charge is -2.44. The minimum absolute atomic E-state index is 0.0695. The number of methoxy groups -OCH3 is 1. The zero-order valence-electron chi connectivity index (χ0n) is 27.2. The molecule has 260 valence electrons. The fraction of sp³-hybridized carbons (Fsp3) is 0.515. The van der Waals surface area contributed by atoms with Gasteiger partial charge in [-0.05, 0) is 25.0 Å². The summed E-state index contributed by atoms with van der Waals surface area (Å²) in [6.45, 7) is 3.27. The van der Waals surface area contributed by atoms with Crippen LogP contribution in [0.15, 0.2) is 36.5 Å². The molecule has 2 bridgehead atoms. The van der Waals surface area contributed by atoms with E-state index >= 15 is 0 Å². The normalized spacial score (nSPS) is 20.1. The van der Waals surface area contributed by atoms with Crippen LogP contribution in [0.3, 0.4) is 0 Å². The Bertz CT molecular complexity index is 1550. The number of fused-ring (bicyclic) bond motifs is 4. The van der Waals surface area contributed by atoms with Crippen LogP contribution in [-0.2, 0) is 19.2 Å². The lowest BCUT2D eigenvalue weighted by Crippen LogP contribution is -3.15. The molecule has 48 heavy (non-hydrogen) atoms. The number of ether oxygens (including phenoxy) is 1. The Kier molecular flexibility index (Phi) is 12.4. The number of hydrogen-bond donors (Lipinski definition) is 6. The first-order valence-electron chi connectivity index (χ1n) is 16.2. The van der Waals surface area contributed by atoms with Crippen molar-refractivity contribution in [2.75, 3.05) is 33.8 Å². The number of aromatic amines is 2. The number of carbonyl (C=O) groups is 4. The second-order valence-electron chi connectivity index (χ2n) is 12.3. The molecule has 15 heteroatoms. The molecule has 2 aromatic heterocycles. The molecule has 0 aliphatic carbocycles. The van der Waals surface area contributed by atoms with Gasteiger partial charge in [-0.15, -0.1) is 0 Å². The van der Waals surface area contributed by atoms with Crippen molar-refractivity contribution in [2.45, 2.75) is 69.6 Å². The highest BCUT2D eigenvalue weighted by Crippen LogP contribution is 2.36. The maximum Gasteiger partial charge on any atom is 0.275 e. The van der Waals surface area contributed by atoms with E-state index in [1.807, 2.05) is 30.5 Å². The van der Waals surface area contributed by atoms with Gasteiger partial charge in [0.1, 0.15) is 24.4 Å². The zero-order chi connectivity index (χ0) is 34.8. The Morgan fingerprint density at radius 1 is 1.04 bits per heavy atom. The number of carboxylic acid groups (broad SMARTS) is 2. The van der Waals surface area contributed by atoms with Crippen LogP contribution in [0.4, 0.5) is 0 Å². The molecule has 0 radical (unpaired) electrons. The number of hydrogen-bond acceptors (Lipinski definition) is 10. The molecule has 5 heterocycles.